The van der Waals surface area contributed by atoms with Crippen LogP contribution in [0.2, 0.25) is 0 Å². The van der Waals surface area contributed by atoms with E-state index in [9.17, 15) is 9.59 Å². The van der Waals surface area contributed by atoms with E-state index in [1.807, 2.05) is 31.4 Å². The maximum absolute atomic E-state index is 12.9. The van der Waals surface area contributed by atoms with Gasteiger partial charge in [0.1, 0.15) is 5.69 Å². The fourth-order valence-electron chi connectivity index (χ4n) is 3.02. The molecule has 0 aliphatic heterocycles. The summed E-state index contributed by atoms with van der Waals surface area (Å²) in [6.45, 7) is 6.78. The van der Waals surface area contributed by atoms with Crippen LogP contribution in [0.15, 0.2) is 29.3 Å². The van der Waals surface area contributed by atoms with Crippen molar-refractivity contribution in [1.82, 2.24) is 14.3 Å². The number of carbonyl (C=O) groups is 2. The summed E-state index contributed by atoms with van der Waals surface area (Å²) in [6.07, 6.45) is 0. The number of esters is 1. The zero-order valence-corrected chi connectivity index (χ0v) is 17.9. The highest BCUT2D eigenvalue weighted by Crippen LogP contribution is 2.20. The lowest BCUT2D eigenvalue weighted by Gasteiger charge is -2.08. The van der Waals surface area contributed by atoms with Gasteiger partial charge in [0.05, 0.1) is 35.2 Å². The number of benzene rings is 1. The zero-order chi connectivity index (χ0) is 21.1. The number of ether oxygens (including phenoxy) is 2. The third-order valence-corrected chi connectivity index (χ3v) is 5.43. The van der Waals surface area contributed by atoms with Crippen molar-refractivity contribution in [3.05, 3.63) is 46.0 Å². The number of aromatic nitrogens is 3. The third-order valence-electron chi connectivity index (χ3n) is 4.39. The molecule has 9 heteroatoms. The minimum atomic E-state index is -0.408. The highest BCUT2D eigenvalue weighted by Gasteiger charge is 2.17. The molecule has 0 aliphatic carbocycles. The SMILES string of the molecule is COCCn1c(=NC(=O)c2cc(C)nn2C(C)C)sc2cc(C(=O)OC)ccc21. The summed E-state index contributed by atoms with van der Waals surface area (Å²) in [5.41, 5.74) is 2.54. The lowest BCUT2D eigenvalue weighted by atomic mass is 10.2. The lowest BCUT2D eigenvalue weighted by Crippen LogP contribution is -2.20. The molecule has 2 heterocycles. The molecule has 0 N–H and O–H groups in total. The number of hydrogen-bond donors (Lipinski definition) is 0. The Morgan fingerprint density at radius 2 is 2.00 bits per heavy atom. The second-order valence-electron chi connectivity index (χ2n) is 6.83. The van der Waals surface area contributed by atoms with Crippen LogP contribution in [0.3, 0.4) is 0 Å². The first-order valence-corrected chi connectivity index (χ1v) is 10.0. The van der Waals surface area contributed by atoms with Crippen molar-refractivity contribution in [3.63, 3.8) is 0 Å². The van der Waals surface area contributed by atoms with Crippen molar-refractivity contribution >= 4 is 33.4 Å². The van der Waals surface area contributed by atoms with E-state index in [-0.39, 0.29) is 11.9 Å². The normalized spacial score (nSPS) is 12.1. The molecule has 1 aromatic carbocycles. The second-order valence-corrected chi connectivity index (χ2v) is 7.84. The van der Waals surface area contributed by atoms with Gasteiger partial charge in [-0.3, -0.25) is 9.48 Å². The van der Waals surface area contributed by atoms with Crippen LogP contribution in [0.4, 0.5) is 0 Å². The number of amides is 1. The van der Waals surface area contributed by atoms with E-state index < -0.39 is 5.97 Å². The summed E-state index contributed by atoms with van der Waals surface area (Å²) in [5.74, 6) is -0.764. The van der Waals surface area contributed by atoms with Crippen LogP contribution in [0.5, 0.6) is 0 Å². The Morgan fingerprint density at radius 3 is 2.66 bits per heavy atom. The maximum Gasteiger partial charge on any atom is 0.337 e. The lowest BCUT2D eigenvalue weighted by molar-refractivity contribution is 0.0600. The summed E-state index contributed by atoms with van der Waals surface area (Å²) in [6, 6.07) is 7.07. The van der Waals surface area contributed by atoms with Crippen LogP contribution < -0.4 is 4.80 Å². The molecular weight excluding hydrogens is 392 g/mol. The Balaban J connectivity index is 2.13. The van der Waals surface area contributed by atoms with Crippen molar-refractivity contribution in [2.45, 2.75) is 33.4 Å². The van der Waals surface area contributed by atoms with Crippen molar-refractivity contribution in [3.8, 4) is 0 Å². The molecule has 154 valence electrons. The van der Waals surface area contributed by atoms with Crippen molar-refractivity contribution < 1.29 is 19.1 Å². The molecule has 0 fully saturated rings. The largest absolute Gasteiger partial charge is 0.465 e. The molecule has 0 unspecified atom stereocenters. The van der Waals surface area contributed by atoms with Crippen molar-refractivity contribution in [1.29, 1.82) is 0 Å². The second kappa shape index (κ2) is 8.71. The number of carbonyl (C=O) groups excluding carboxylic acids is 2. The predicted molar refractivity (Wildman–Crippen MR) is 110 cm³/mol. The Labute approximate surface area is 172 Å². The van der Waals surface area contributed by atoms with Gasteiger partial charge in [-0.15, -0.1) is 0 Å². The Morgan fingerprint density at radius 1 is 1.24 bits per heavy atom. The Hall–Kier alpha value is -2.78. The number of nitrogens with zero attached hydrogens (tertiary/aromatic N) is 4. The van der Waals surface area contributed by atoms with Gasteiger partial charge in [0, 0.05) is 19.7 Å². The first kappa shape index (κ1) is 20.9. The van der Waals surface area contributed by atoms with Crippen LogP contribution in [-0.2, 0) is 16.0 Å². The predicted octanol–water partition coefficient (Wildman–Crippen LogP) is 2.96. The van der Waals surface area contributed by atoms with E-state index in [1.54, 1.807) is 30.0 Å². The number of rotatable bonds is 6. The van der Waals surface area contributed by atoms with Crippen LogP contribution in [0.1, 0.15) is 46.4 Å². The Kier molecular flexibility index (Phi) is 6.29. The monoisotopic (exact) mass is 416 g/mol. The van der Waals surface area contributed by atoms with Gasteiger partial charge in [-0.25, -0.2) is 4.79 Å². The minimum absolute atomic E-state index is 0.0449. The van der Waals surface area contributed by atoms with Gasteiger partial charge in [-0.05, 0) is 45.0 Å². The fourth-order valence-corrected chi connectivity index (χ4v) is 4.11. The summed E-state index contributed by atoms with van der Waals surface area (Å²) in [4.78, 5) is 29.7. The van der Waals surface area contributed by atoms with Gasteiger partial charge in [-0.1, -0.05) is 11.3 Å². The molecule has 0 spiro atoms. The molecule has 0 saturated heterocycles. The van der Waals surface area contributed by atoms with Crippen LogP contribution in [0.25, 0.3) is 10.2 Å². The minimum Gasteiger partial charge on any atom is -0.465 e. The topological polar surface area (TPSA) is 87.7 Å². The number of hydrogen-bond acceptors (Lipinski definition) is 6. The zero-order valence-electron chi connectivity index (χ0n) is 17.1. The number of fused-ring (bicyclic) bond motifs is 1. The molecular formula is C20H24N4O4S. The molecule has 0 radical (unpaired) electrons. The van der Waals surface area contributed by atoms with Crippen LogP contribution >= 0.6 is 11.3 Å². The molecule has 29 heavy (non-hydrogen) atoms. The number of methoxy groups -OCH3 is 2. The third kappa shape index (κ3) is 4.30. The average Bonchev–Trinajstić information content (AvgIpc) is 3.25. The van der Waals surface area contributed by atoms with Gasteiger partial charge in [0.2, 0.25) is 0 Å². The molecule has 8 nitrogen and oxygen atoms in total. The van der Waals surface area contributed by atoms with Gasteiger partial charge in [-0.2, -0.15) is 10.1 Å². The molecule has 3 rings (SSSR count). The Bertz CT molecular complexity index is 1120. The standard InChI is InChI=1S/C20H24N4O4S/c1-12(2)24-16(10-13(3)22-24)18(25)21-20-23(8-9-27-4)15-7-6-14(19(26)28-5)11-17(15)29-20/h6-7,10-12H,8-9H2,1-5H3. The van der Waals surface area contributed by atoms with Gasteiger partial charge in [0.25, 0.3) is 5.91 Å². The van der Waals surface area contributed by atoms with E-state index in [1.165, 1.54) is 18.4 Å². The molecule has 0 atom stereocenters. The molecule has 1 amide bonds. The molecule has 3 aromatic rings. The van der Waals surface area contributed by atoms with Crippen LogP contribution in [-0.4, -0.2) is 47.1 Å². The van der Waals surface area contributed by atoms with E-state index >= 15 is 0 Å². The summed E-state index contributed by atoms with van der Waals surface area (Å²) in [7, 11) is 2.97. The van der Waals surface area contributed by atoms with E-state index in [0.29, 0.717) is 29.2 Å². The van der Waals surface area contributed by atoms with E-state index in [2.05, 4.69) is 10.1 Å². The van der Waals surface area contributed by atoms with Crippen LogP contribution in [0, 0.1) is 6.92 Å². The van der Waals surface area contributed by atoms with Gasteiger partial charge >= 0.3 is 5.97 Å². The maximum atomic E-state index is 12.9. The molecule has 0 saturated carbocycles. The number of aryl methyl sites for hydroxylation is 1. The highest BCUT2D eigenvalue weighted by molar-refractivity contribution is 7.16. The first-order valence-electron chi connectivity index (χ1n) is 9.21. The fraction of sp³-hybridized carbons (Fsp3) is 0.400. The molecule has 0 aliphatic rings. The quantitative estimate of drug-likeness (QED) is 0.577. The van der Waals surface area contributed by atoms with Crippen molar-refractivity contribution in [2.24, 2.45) is 4.99 Å². The number of thiazole rings is 1. The van der Waals surface area contributed by atoms with Crippen molar-refractivity contribution in [2.75, 3.05) is 20.8 Å². The summed E-state index contributed by atoms with van der Waals surface area (Å²) < 4.78 is 14.5. The molecule has 0 bridgehead atoms. The smallest absolute Gasteiger partial charge is 0.337 e. The first-order chi connectivity index (χ1) is 13.8. The van der Waals surface area contributed by atoms with E-state index in [0.717, 1.165) is 15.9 Å². The van der Waals surface area contributed by atoms with Gasteiger partial charge in [0.15, 0.2) is 4.80 Å². The summed E-state index contributed by atoms with van der Waals surface area (Å²) in [5, 5.41) is 4.39. The van der Waals surface area contributed by atoms with E-state index in [4.69, 9.17) is 9.47 Å². The van der Waals surface area contributed by atoms with Gasteiger partial charge < -0.3 is 14.0 Å². The highest BCUT2D eigenvalue weighted by atomic mass is 32.1. The molecule has 2 aromatic heterocycles. The average molecular weight is 417 g/mol. The summed E-state index contributed by atoms with van der Waals surface area (Å²) >= 11 is 1.34.